The normalized spacial score (nSPS) is 10.5. The van der Waals surface area contributed by atoms with E-state index in [4.69, 9.17) is 0 Å². The van der Waals surface area contributed by atoms with E-state index in [1.807, 2.05) is 42.5 Å². The molecule has 1 amide bonds. The SMILES string of the molecule is O=C(Cc1cccc(F)c1)Nc1cccc2ccccc12. The van der Waals surface area contributed by atoms with E-state index in [-0.39, 0.29) is 18.1 Å². The second kappa shape index (κ2) is 5.75. The minimum absolute atomic E-state index is 0.154. The molecule has 0 spiro atoms. The highest BCUT2D eigenvalue weighted by Gasteiger charge is 2.07. The summed E-state index contributed by atoms with van der Waals surface area (Å²) in [6.07, 6.45) is 0.154. The zero-order valence-corrected chi connectivity index (χ0v) is 11.3. The van der Waals surface area contributed by atoms with E-state index < -0.39 is 0 Å². The fourth-order valence-electron chi connectivity index (χ4n) is 2.36. The number of amides is 1. The summed E-state index contributed by atoms with van der Waals surface area (Å²) in [5, 5.41) is 4.96. The molecule has 2 nitrogen and oxygen atoms in total. The average molecular weight is 279 g/mol. The quantitative estimate of drug-likeness (QED) is 0.766. The van der Waals surface area contributed by atoms with Gasteiger partial charge in [0.15, 0.2) is 0 Å². The van der Waals surface area contributed by atoms with Crippen LogP contribution in [-0.2, 0) is 11.2 Å². The van der Waals surface area contributed by atoms with Crippen molar-refractivity contribution in [2.45, 2.75) is 6.42 Å². The fraction of sp³-hybridized carbons (Fsp3) is 0.0556. The van der Waals surface area contributed by atoms with Crippen LogP contribution in [0.15, 0.2) is 66.7 Å². The molecule has 0 bridgehead atoms. The zero-order valence-electron chi connectivity index (χ0n) is 11.3. The van der Waals surface area contributed by atoms with Gasteiger partial charge in [0.05, 0.1) is 6.42 Å². The van der Waals surface area contributed by atoms with Crippen LogP contribution in [0.5, 0.6) is 0 Å². The van der Waals surface area contributed by atoms with Crippen molar-refractivity contribution in [2.75, 3.05) is 5.32 Å². The first kappa shape index (κ1) is 13.3. The van der Waals surface area contributed by atoms with Gasteiger partial charge in [0.1, 0.15) is 5.82 Å². The van der Waals surface area contributed by atoms with Crippen LogP contribution in [-0.4, -0.2) is 5.91 Å². The van der Waals surface area contributed by atoms with Crippen molar-refractivity contribution in [3.8, 4) is 0 Å². The van der Waals surface area contributed by atoms with Crippen LogP contribution in [0.3, 0.4) is 0 Å². The summed E-state index contributed by atoms with van der Waals surface area (Å²) in [5.74, 6) is -0.484. The Morgan fingerprint density at radius 1 is 0.952 bits per heavy atom. The van der Waals surface area contributed by atoms with Gasteiger partial charge < -0.3 is 5.32 Å². The topological polar surface area (TPSA) is 29.1 Å². The first-order valence-corrected chi connectivity index (χ1v) is 6.74. The predicted molar refractivity (Wildman–Crippen MR) is 82.7 cm³/mol. The maximum atomic E-state index is 13.1. The van der Waals surface area contributed by atoms with Crippen molar-refractivity contribution >= 4 is 22.4 Å². The van der Waals surface area contributed by atoms with E-state index in [2.05, 4.69) is 5.32 Å². The standard InChI is InChI=1S/C18H14FNO/c19-15-8-3-5-13(11-15)12-18(21)20-17-10-4-7-14-6-1-2-9-16(14)17/h1-11H,12H2,(H,20,21). The smallest absolute Gasteiger partial charge is 0.228 e. The lowest BCUT2D eigenvalue weighted by molar-refractivity contribution is -0.115. The largest absolute Gasteiger partial charge is 0.325 e. The van der Waals surface area contributed by atoms with Crippen LogP contribution in [0.1, 0.15) is 5.56 Å². The van der Waals surface area contributed by atoms with Gasteiger partial charge in [-0.15, -0.1) is 0 Å². The fourth-order valence-corrected chi connectivity index (χ4v) is 2.36. The molecule has 0 saturated carbocycles. The monoisotopic (exact) mass is 279 g/mol. The highest BCUT2D eigenvalue weighted by atomic mass is 19.1. The Hall–Kier alpha value is -2.68. The van der Waals surface area contributed by atoms with E-state index in [0.717, 1.165) is 16.5 Å². The molecule has 0 heterocycles. The molecule has 0 fully saturated rings. The highest BCUT2D eigenvalue weighted by molar-refractivity contribution is 6.02. The molecule has 0 radical (unpaired) electrons. The Morgan fingerprint density at radius 3 is 2.57 bits per heavy atom. The van der Waals surface area contributed by atoms with E-state index in [9.17, 15) is 9.18 Å². The van der Waals surface area contributed by atoms with Crippen LogP contribution in [0, 0.1) is 5.82 Å². The summed E-state index contributed by atoms with van der Waals surface area (Å²) in [6, 6.07) is 19.7. The molecule has 3 aromatic carbocycles. The number of fused-ring (bicyclic) bond motifs is 1. The number of carbonyl (C=O) groups is 1. The number of rotatable bonds is 3. The predicted octanol–water partition coefficient (Wildman–Crippen LogP) is 4.16. The van der Waals surface area contributed by atoms with Gasteiger partial charge in [-0.05, 0) is 29.1 Å². The van der Waals surface area contributed by atoms with E-state index >= 15 is 0 Å². The van der Waals surface area contributed by atoms with Crippen molar-refractivity contribution in [2.24, 2.45) is 0 Å². The van der Waals surface area contributed by atoms with Gasteiger partial charge in [-0.1, -0.05) is 48.5 Å². The molecule has 0 aromatic heterocycles. The third kappa shape index (κ3) is 3.08. The highest BCUT2D eigenvalue weighted by Crippen LogP contribution is 2.23. The van der Waals surface area contributed by atoms with E-state index in [1.165, 1.54) is 12.1 Å². The van der Waals surface area contributed by atoms with Crippen molar-refractivity contribution in [3.05, 3.63) is 78.1 Å². The van der Waals surface area contributed by atoms with E-state index in [1.54, 1.807) is 12.1 Å². The van der Waals surface area contributed by atoms with Crippen molar-refractivity contribution in [1.29, 1.82) is 0 Å². The Labute approximate surface area is 122 Å². The lowest BCUT2D eigenvalue weighted by Crippen LogP contribution is -2.14. The number of carbonyl (C=O) groups excluding carboxylic acids is 1. The summed E-state index contributed by atoms with van der Waals surface area (Å²) in [7, 11) is 0. The molecule has 21 heavy (non-hydrogen) atoms. The number of halogens is 1. The lowest BCUT2D eigenvalue weighted by atomic mass is 10.1. The molecule has 0 aliphatic heterocycles. The molecule has 0 unspecified atom stereocenters. The number of hydrogen-bond acceptors (Lipinski definition) is 1. The van der Waals surface area contributed by atoms with Crippen LogP contribution in [0.25, 0.3) is 10.8 Å². The number of benzene rings is 3. The molecule has 0 saturated heterocycles. The van der Waals surface area contributed by atoms with Crippen LogP contribution in [0.4, 0.5) is 10.1 Å². The molecular weight excluding hydrogens is 265 g/mol. The van der Waals surface area contributed by atoms with Gasteiger partial charge in [-0.3, -0.25) is 4.79 Å². The minimum Gasteiger partial charge on any atom is -0.325 e. The van der Waals surface area contributed by atoms with Crippen LogP contribution < -0.4 is 5.32 Å². The van der Waals surface area contributed by atoms with Crippen LogP contribution >= 0.6 is 0 Å². The molecule has 1 N–H and O–H groups in total. The van der Waals surface area contributed by atoms with Crippen molar-refractivity contribution in [1.82, 2.24) is 0 Å². The third-order valence-electron chi connectivity index (χ3n) is 3.32. The first-order valence-electron chi connectivity index (χ1n) is 6.74. The van der Waals surface area contributed by atoms with Gasteiger partial charge in [0.2, 0.25) is 5.91 Å². The van der Waals surface area contributed by atoms with Crippen molar-refractivity contribution < 1.29 is 9.18 Å². The summed E-state index contributed by atoms with van der Waals surface area (Å²) >= 11 is 0. The minimum atomic E-state index is -0.328. The van der Waals surface area contributed by atoms with Crippen LogP contribution in [0.2, 0.25) is 0 Å². The summed E-state index contributed by atoms with van der Waals surface area (Å²) in [5.41, 5.74) is 1.43. The molecule has 3 rings (SSSR count). The van der Waals surface area contributed by atoms with Gasteiger partial charge in [-0.25, -0.2) is 4.39 Å². The lowest BCUT2D eigenvalue weighted by Gasteiger charge is -2.09. The molecule has 104 valence electrons. The average Bonchev–Trinajstić information content (AvgIpc) is 2.47. The maximum absolute atomic E-state index is 13.1. The number of hydrogen-bond donors (Lipinski definition) is 1. The van der Waals surface area contributed by atoms with Gasteiger partial charge >= 0.3 is 0 Å². The number of nitrogens with one attached hydrogen (secondary N) is 1. The molecule has 0 atom stereocenters. The van der Waals surface area contributed by atoms with Gasteiger partial charge in [0.25, 0.3) is 0 Å². The molecule has 0 aliphatic carbocycles. The Kier molecular flexibility index (Phi) is 3.65. The second-order valence-electron chi connectivity index (χ2n) is 4.88. The zero-order chi connectivity index (χ0) is 14.7. The second-order valence-corrected chi connectivity index (χ2v) is 4.88. The molecule has 3 heteroatoms. The third-order valence-corrected chi connectivity index (χ3v) is 3.32. The van der Waals surface area contributed by atoms with E-state index in [0.29, 0.717) is 5.56 Å². The summed E-state index contributed by atoms with van der Waals surface area (Å²) in [4.78, 5) is 12.1. The Bertz CT molecular complexity index is 793. The molecule has 0 aliphatic rings. The first-order chi connectivity index (χ1) is 10.2. The summed E-state index contributed by atoms with van der Waals surface area (Å²) in [6.45, 7) is 0. The maximum Gasteiger partial charge on any atom is 0.228 e. The molecular formula is C18H14FNO. The Balaban J connectivity index is 1.80. The number of anilines is 1. The van der Waals surface area contributed by atoms with Gasteiger partial charge in [0, 0.05) is 11.1 Å². The Morgan fingerprint density at radius 2 is 1.71 bits per heavy atom. The molecule has 3 aromatic rings. The van der Waals surface area contributed by atoms with Crippen molar-refractivity contribution in [3.63, 3.8) is 0 Å². The summed E-state index contributed by atoms with van der Waals surface area (Å²) < 4.78 is 13.1. The van der Waals surface area contributed by atoms with Gasteiger partial charge in [-0.2, -0.15) is 0 Å².